The second kappa shape index (κ2) is 10.8. The number of carbonyl (C=O) groups is 4. The molecular weight excluding hydrogens is 503 g/mol. The third-order valence-electron chi connectivity index (χ3n) is 7.83. The number of fused-ring (bicyclic) bond motifs is 1. The molecule has 2 heterocycles. The van der Waals surface area contributed by atoms with Gasteiger partial charge in [0.1, 0.15) is 6.04 Å². The van der Waals surface area contributed by atoms with Crippen LogP contribution in [0, 0.1) is 34.5 Å². The number of nitriles is 1. The van der Waals surface area contributed by atoms with Gasteiger partial charge in [-0.3, -0.25) is 24.1 Å². The van der Waals surface area contributed by atoms with Crippen LogP contribution in [0.1, 0.15) is 66.7 Å². The highest BCUT2D eigenvalue weighted by Crippen LogP contribution is 2.47. The summed E-state index contributed by atoms with van der Waals surface area (Å²) in [7, 11) is 0. The first-order valence-corrected chi connectivity index (χ1v) is 13.1. The lowest BCUT2D eigenvalue weighted by Gasteiger charge is -2.38. The van der Waals surface area contributed by atoms with Crippen molar-refractivity contribution in [1.82, 2.24) is 20.9 Å². The predicted molar refractivity (Wildman–Crippen MR) is 131 cm³/mol. The molecule has 3 N–H and O–H groups in total. The molecular formula is C26H38F3N5O4. The molecule has 3 rings (SSSR count). The van der Waals surface area contributed by atoms with Crippen LogP contribution in [0.2, 0.25) is 0 Å². The zero-order valence-electron chi connectivity index (χ0n) is 22.6. The lowest BCUT2D eigenvalue weighted by molar-refractivity contribution is -0.175. The van der Waals surface area contributed by atoms with Crippen LogP contribution >= 0.6 is 0 Å². The van der Waals surface area contributed by atoms with Gasteiger partial charge in [-0.2, -0.15) is 18.4 Å². The number of ketones is 1. The van der Waals surface area contributed by atoms with Gasteiger partial charge in [0.15, 0.2) is 5.78 Å². The maximum Gasteiger partial charge on any atom is 0.471 e. The van der Waals surface area contributed by atoms with Crippen LogP contribution in [0.15, 0.2) is 0 Å². The molecule has 0 spiro atoms. The van der Waals surface area contributed by atoms with Crippen LogP contribution in [0.25, 0.3) is 0 Å². The summed E-state index contributed by atoms with van der Waals surface area (Å²) in [6.45, 7) is 8.65. The Kier molecular flexibility index (Phi) is 8.51. The first-order chi connectivity index (χ1) is 17.4. The molecule has 3 aliphatic rings. The second-order valence-corrected chi connectivity index (χ2v) is 12.7. The maximum atomic E-state index is 13.3. The smallest absolute Gasteiger partial charge is 0.351 e. The Morgan fingerprint density at radius 2 is 1.82 bits per heavy atom. The number of amides is 3. The maximum absolute atomic E-state index is 13.3. The fraction of sp³-hybridized carbons (Fsp3) is 0.808. The van der Waals surface area contributed by atoms with E-state index in [-0.39, 0.29) is 24.4 Å². The summed E-state index contributed by atoms with van der Waals surface area (Å²) in [5, 5.41) is 17.2. The average molecular weight is 542 g/mol. The van der Waals surface area contributed by atoms with Crippen LogP contribution in [-0.4, -0.2) is 71.3 Å². The van der Waals surface area contributed by atoms with Gasteiger partial charge in [-0.1, -0.05) is 20.8 Å². The zero-order chi connectivity index (χ0) is 28.6. The number of hydrogen-bond acceptors (Lipinski definition) is 6. The molecule has 9 nitrogen and oxygen atoms in total. The van der Waals surface area contributed by atoms with Crippen molar-refractivity contribution in [2.24, 2.45) is 23.2 Å². The molecule has 2 saturated heterocycles. The Morgan fingerprint density at radius 3 is 2.37 bits per heavy atom. The highest BCUT2D eigenvalue weighted by atomic mass is 19.4. The molecule has 0 radical (unpaired) electrons. The molecule has 6 unspecified atom stereocenters. The molecule has 0 aromatic carbocycles. The number of Topliss-reactive ketones (excluding diaryl/α,β-unsaturated/α-hetero) is 1. The van der Waals surface area contributed by atoms with Crippen LogP contribution in [0.3, 0.4) is 0 Å². The van der Waals surface area contributed by atoms with Gasteiger partial charge in [-0.05, 0) is 63.2 Å². The number of halogens is 3. The van der Waals surface area contributed by atoms with E-state index < -0.39 is 53.2 Å². The van der Waals surface area contributed by atoms with Crippen molar-refractivity contribution < 1.29 is 32.3 Å². The van der Waals surface area contributed by atoms with Crippen molar-refractivity contribution >= 4 is 23.5 Å². The van der Waals surface area contributed by atoms with Crippen LogP contribution in [0.5, 0.6) is 0 Å². The molecule has 38 heavy (non-hydrogen) atoms. The summed E-state index contributed by atoms with van der Waals surface area (Å²) in [6, 6.07) is -0.984. The van der Waals surface area contributed by atoms with Gasteiger partial charge >= 0.3 is 12.1 Å². The molecule has 12 heteroatoms. The summed E-state index contributed by atoms with van der Waals surface area (Å²) in [6.07, 6.45) is -2.26. The van der Waals surface area contributed by atoms with Gasteiger partial charge < -0.3 is 16.0 Å². The van der Waals surface area contributed by atoms with Crippen molar-refractivity contribution in [3.05, 3.63) is 0 Å². The number of piperidine rings is 2. The van der Waals surface area contributed by atoms with Crippen molar-refractivity contribution in [1.29, 1.82) is 5.26 Å². The van der Waals surface area contributed by atoms with Crippen molar-refractivity contribution in [2.75, 3.05) is 13.1 Å². The van der Waals surface area contributed by atoms with Gasteiger partial charge in [0, 0.05) is 18.0 Å². The van der Waals surface area contributed by atoms with Crippen LogP contribution < -0.4 is 16.0 Å². The minimum atomic E-state index is -5.13. The number of nitrogens with zero attached hydrogens (tertiary/aromatic N) is 2. The normalized spacial score (nSPS) is 28.7. The third-order valence-corrected chi connectivity index (χ3v) is 7.83. The van der Waals surface area contributed by atoms with Gasteiger partial charge in [0.2, 0.25) is 11.8 Å². The van der Waals surface area contributed by atoms with Gasteiger partial charge in [0.25, 0.3) is 0 Å². The SMILES string of the molecule is CC1(C)CCC(CC(C#N)NC(=O)C2CC3CC3CN2CC(=O)C(NC(=O)C(F)(F)F)C(C)(C)C)C(=O)N1. The van der Waals surface area contributed by atoms with E-state index in [2.05, 4.69) is 16.7 Å². The van der Waals surface area contributed by atoms with Gasteiger partial charge in [0.05, 0.1) is 24.7 Å². The predicted octanol–water partition coefficient (Wildman–Crippen LogP) is 2.06. The highest BCUT2D eigenvalue weighted by Gasteiger charge is 2.50. The van der Waals surface area contributed by atoms with Gasteiger partial charge in [-0.25, -0.2) is 0 Å². The minimum Gasteiger partial charge on any atom is -0.351 e. The van der Waals surface area contributed by atoms with Crippen molar-refractivity contribution in [3.8, 4) is 6.07 Å². The molecule has 212 valence electrons. The van der Waals surface area contributed by atoms with E-state index in [9.17, 15) is 37.6 Å². The first kappa shape index (κ1) is 29.9. The first-order valence-electron chi connectivity index (χ1n) is 13.1. The van der Waals surface area contributed by atoms with E-state index >= 15 is 0 Å². The second-order valence-electron chi connectivity index (χ2n) is 12.7. The molecule has 3 amide bonds. The standard InChI is InChI=1S/C26H38F3N5O4/c1-24(2,3)20(32-23(38)26(27,28)29)19(35)13-34-12-16-8-15(16)10-18(34)22(37)31-17(11-30)9-14-6-7-25(4,5)33-21(14)36/h14-18,20H,6-10,12-13H2,1-5H3,(H,31,37)(H,32,38)(H,33,36). The van der Waals surface area contributed by atoms with E-state index in [0.717, 1.165) is 12.8 Å². The largest absolute Gasteiger partial charge is 0.471 e. The number of likely N-dealkylation sites (tertiary alicyclic amines) is 1. The monoisotopic (exact) mass is 541 g/mol. The molecule has 3 fully saturated rings. The van der Waals surface area contributed by atoms with Crippen molar-refractivity contribution in [3.63, 3.8) is 0 Å². The number of rotatable bonds is 8. The van der Waals surface area contributed by atoms with Gasteiger partial charge in [-0.15, -0.1) is 0 Å². The summed E-state index contributed by atoms with van der Waals surface area (Å²) in [5.41, 5.74) is -1.31. The fourth-order valence-corrected chi connectivity index (χ4v) is 5.50. The summed E-state index contributed by atoms with van der Waals surface area (Å²) < 4.78 is 38.7. The van der Waals surface area contributed by atoms with E-state index in [4.69, 9.17) is 0 Å². The van der Waals surface area contributed by atoms with Crippen LogP contribution in [-0.2, 0) is 19.2 Å². The number of alkyl halides is 3. The highest BCUT2D eigenvalue weighted by molar-refractivity contribution is 5.93. The zero-order valence-corrected chi connectivity index (χ0v) is 22.6. The molecule has 1 saturated carbocycles. The summed E-state index contributed by atoms with van der Waals surface area (Å²) in [4.78, 5) is 52.2. The molecule has 1 aliphatic carbocycles. The quantitative estimate of drug-likeness (QED) is 0.431. The fourth-order valence-electron chi connectivity index (χ4n) is 5.50. The topological polar surface area (TPSA) is 131 Å². The Hall–Kier alpha value is -2.68. The Morgan fingerprint density at radius 1 is 1.16 bits per heavy atom. The third kappa shape index (κ3) is 7.46. The van der Waals surface area contributed by atoms with E-state index in [1.807, 2.05) is 19.2 Å². The Balaban J connectivity index is 1.67. The van der Waals surface area contributed by atoms with E-state index in [1.54, 1.807) is 25.7 Å². The van der Waals surface area contributed by atoms with Crippen LogP contribution in [0.4, 0.5) is 13.2 Å². The number of hydrogen-bond donors (Lipinski definition) is 3. The lowest BCUT2D eigenvalue weighted by Crippen LogP contribution is -2.58. The molecule has 2 aliphatic heterocycles. The molecule has 0 bridgehead atoms. The lowest BCUT2D eigenvalue weighted by atomic mass is 9.83. The average Bonchev–Trinajstić information content (AvgIpc) is 3.54. The molecule has 0 aromatic heterocycles. The molecule has 6 atom stereocenters. The minimum absolute atomic E-state index is 0.157. The summed E-state index contributed by atoms with van der Waals surface area (Å²) >= 11 is 0. The Bertz CT molecular complexity index is 1000. The summed E-state index contributed by atoms with van der Waals surface area (Å²) in [5.74, 6) is -3.21. The number of carbonyl (C=O) groups excluding carboxylic acids is 4. The Labute approximate surface area is 221 Å². The number of nitrogens with one attached hydrogen (secondary N) is 3. The van der Waals surface area contributed by atoms with E-state index in [0.29, 0.717) is 31.2 Å². The molecule has 0 aromatic rings. The van der Waals surface area contributed by atoms with E-state index in [1.165, 1.54) is 0 Å². The van der Waals surface area contributed by atoms with Crippen molar-refractivity contribution in [2.45, 2.75) is 96.6 Å².